The normalized spacial score (nSPS) is 23.3. The van der Waals surface area contributed by atoms with Gasteiger partial charge in [-0.2, -0.15) is 0 Å². The van der Waals surface area contributed by atoms with Crippen LogP contribution in [0.25, 0.3) is 0 Å². The molecule has 4 rings (SSSR count). The summed E-state index contributed by atoms with van der Waals surface area (Å²) in [6.07, 6.45) is -0.408. The number of hydrogen-bond acceptors (Lipinski definition) is 4. The van der Waals surface area contributed by atoms with E-state index in [0.29, 0.717) is 31.6 Å². The molecule has 2 aromatic rings. The van der Waals surface area contributed by atoms with E-state index in [0.717, 1.165) is 0 Å². The fraction of sp³-hybridized carbons (Fsp3) is 0.444. The van der Waals surface area contributed by atoms with E-state index in [9.17, 15) is 18.4 Å². The van der Waals surface area contributed by atoms with Crippen molar-refractivity contribution in [2.24, 2.45) is 0 Å². The van der Waals surface area contributed by atoms with Gasteiger partial charge in [-0.1, -0.05) is 12.1 Å². The fourth-order valence-corrected chi connectivity index (χ4v) is 3.73. The number of aromatic nitrogens is 2. The SMILES string of the molecule is O=c1[nH]c2c(c(=O)n1C1CCOCC1)C[C@@H](F)[C@@H](c1cccc(F)c1)N2. The van der Waals surface area contributed by atoms with Gasteiger partial charge in [-0.15, -0.1) is 0 Å². The number of anilines is 1. The van der Waals surface area contributed by atoms with Crippen LogP contribution < -0.4 is 16.6 Å². The van der Waals surface area contributed by atoms with Crippen molar-refractivity contribution < 1.29 is 13.5 Å². The molecule has 0 spiro atoms. The second-order valence-corrected chi connectivity index (χ2v) is 6.70. The number of nitrogens with zero attached hydrogens (tertiary/aromatic N) is 1. The van der Waals surface area contributed by atoms with Crippen molar-refractivity contribution in [3.8, 4) is 0 Å². The van der Waals surface area contributed by atoms with E-state index in [4.69, 9.17) is 4.74 Å². The van der Waals surface area contributed by atoms with E-state index in [1.807, 2.05) is 0 Å². The summed E-state index contributed by atoms with van der Waals surface area (Å²) in [4.78, 5) is 27.9. The quantitative estimate of drug-likeness (QED) is 0.857. The molecule has 0 bridgehead atoms. The number of benzene rings is 1. The number of rotatable bonds is 2. The van der Waals surface area contributed by atoms with Crippen LogP contribution in [0.5, 0.6) is 0 Å². The number of alkyl halides is 1. The first kappa shape index (κ1) is 17.0. The van der Waals surface area contributed by atoms with E-state index in [-0.39, 0.29) is 23.8 Å². The molecule has 8 heteroatoms. The highest BCUT2D eigenvalue weighted by atomic mass is 19.1. The highest BCUT2D eigenvalue weighted by Crippen LogP contribution is 2.32. The number of nitrogens with one attached hydrogen (secondary N) is 2. The Morgan fingerprint density at radius 1 is 1.19 bits per heavy atom. The molecule has 3 heterocycles. The minimum Gasteiger partial charge on any atom is -0.381 e. The van der Waals surface area contributed by atoms with Crippen molar-refractivity contribution in [3.63, 3.8) is 0 Å². The summed E-state index contributed by atoms with van der Waals surface area (Å²) in [6.45, 7) is 0.971. The first-order valence-electron chi connectivity index (χ1n) is 8.66. The van der Waals surface area contributed by atoms with Crippen molar-refractivity contribution in [1.29, 1.82) is 0 Å². The molecule has 26 heavy (non-hydrogen) atoms. The van der Waals surface area contributed by atoms with E-state index in [1.54, 1.807) is 6.07 Å². The molecule has 138 valence electrons. The van der Waals surface area contributed by atoms with Crippen molar-refractivity contribution in [1.82, 2.24) is 9.55 Å². The average molecular weight is 363 g/mol. The summed E-state index contributed by atoms with van der Waals surface area (Å²) in [5.74, 6) is -0.253. The number of halogens is 2. The minimum absolute atomic E-state index is 0.137. The predicted molar refractivity (Wildman–Crippen MR) is 91.8 cm³/mol. The topological polar surface area (TPSA) is 76.1 Å². The fourth-order valence-electron chi connectivity index (χ4n) is 3.73. The second kappa shape index (κ2) is 6.68. The maximum absolute atomic E-state index is 14.8. The Hall–Kier alpha value is -2.48. The maximum Gasteiger partial charge on any atom is 0.330 e. The molecule has 1 fully saturated rings. The van der Waals surface area contributed by atoms with Gasteiger partial charge in [-0.25, -0.2) is 13.6 Å². The van der Waals surface area contributed by atoms with Crippen LogP contribution >= 0.6 is 0 Å². The van der Waals surface area contributed by atoms with Crippen LogP contribution in [0.1, 0.15) is 36.1 Å². The zero-order valence-electron chi connectivity index (χ0n) is 14.0. The van der Waals surface area contributed by atoms with Gasteiger partial charge in [-0.05, 0) is 30.5 Å². The molecule has 0 saturated carbocycles. The highest BCUT2D eigenvalue weighted by Gasteiger charge is 2.33. The van der Waals surface area contributed by atoms with Crippen LogP contribution in [0.3, 0.4) is 0 Å². The predicted octanol–water partition coefficient (Wildman–Crippen LogP) is 2.07. The number of fused-ring (bicyclic) bond motifs is 1. The standard InChI is InChI=1S/C18H19F2N3O3/c19-11-3-1-2-10(8-11)15-14(20)9-13-16(21-15)22-18(25)23(17(13)24)12-4-6-26-7-5-12/h1-3,8,12,14-15,21H,4-7,9H2,(H,22,25)/t14-,15-/m1/s1. The van der Waals surface area contributed by atoms with Crippen LogP contribution in [0.4, 0.5) is 14.6 Å². The first-order valence-corrected chi connectivity index (χ1v) is 8.66. The molecule has 2 N–H and O–H groups in total. The molecule has 1 aromatic carbocycles. The lowest BCUT2D eigenvalue weighted by Gasteiger charge is -2.31. The largest absolute Gasteiger partial charge is 0.381 e. The van der Waals surface area contributed by atoms with Gasteiger partial charge in [0.15, 0.2) is 0 Å². The van der Waals surface area contributed by atoms with Crippen molar-refractivity contribution in [2.45, 2.75) is 37.5 Å². The molecular formula is C18H19F2N3O3. The summed E-state index contributed by atoms with van der Waals surface area (Å²) in [6, 6.07) is 4.56. The Balaban J connectivity index is 1.72. The smallest absolute Gasteiger partial charge is 0.330 e. The molecular weight excluding hydrogens is 344 g/mol. The van der Waals surface area contributed by atoms with E-state index < -0.39 is 29.3 Å². The Labute approximate surface area is 147 Å². The highest BCUT2D eigenvalue weighted by molar-refractivity contribution is 5.49. The number of hydrogen-bond donors (Lipinski definition) is 2. The van der Waals surface area contributed by atoms with E-state index in [2.05, 4.69) is 10.3 Å². The summed E-state index contributed by atoms with van der Waals surface area (Å²) >= 11 is 0. The molecule has 0 aliphatic carbocycles. The van der Waals surface area contributed by atoms with E-state index in [1.165, 1.54) is 22.8 Å². The van der Waals surface area contributed by atoms with E-state index >= 15 is 0 Å². The summed E-state index contributed by atoms with van der Waals surface area (Å²) in [5.41, 5.74) is -0.346. The zero-order valence-corrected chi connectivity index (χ0v) is 14.0. The summed E-state index contributed by atoms with van der Waals surface area (Å²) in [7, 11) is 0. The van der Waals surface area contributed by atoms with Gasteiger partial charge < -0.3 is 10.1 Å². The lowest BCUT2D eigenvalue weighted by atomic mass is 9.94. The second-order valence-electron chi connectivity index (χ2n) is 6.70. The van der Waals surface area contributed by atoms with Crippen LogP contribution in [-0.2, 0) is 11.2 Å². The Morgan fingerprint density at radius 2 is 1.96 bits per heavy atom. The third-order valence-electron chi connectivity index (χ3n) is 5.05. The van der Waals surface area contributed by atoms with Crippen molar-refractivity contribution >= 4 is 5.82 Å². The first-order chi connectivity index (χ1) is 12.5. The molecule has 0 unspecified atom stereocenters. The molecule has 2 aliphatic rings. The monoisotopic (exact) mass is 363 g/mol. The van der Waals surface area contributed by atoms with Crippen molar-refractivity contribution in [3.05, 3.63) is 62.0 Å². The van der Waals surface area contributed by atoms with Gasteiger partial charge >= 0.3 is 5.69 Å². The average Bonchev–Trinajstić information content (AvgIpc) is 2.63. The van der Waals surface area contributed by atoms with Crippen LogP contribution in [-0.4, -0.2) is 28.9 Å². The Bertz CT molecular complexity index is 934. The molecule has 1 saturated heterocycles. The molecule has 1 aromatic heterocycles. The molecule has 0 radical (unpaired) electrons. The Morgan fingerprint density at radius 3 is 2.69 bits per heavy atom. The summed E-state index contributed by atoms with van der Waals surface area (Å²) in [5, 5.41) is 2.87. The third-order valence-corrected chi connectivity index (χ3v) is 5.05. The van der Waals surface area contributed by atoms with Crippen LogP contribution in [0.15, 0.2) is 33.9 Å². The third kappa shape index (κ3) is 2.94. The van der Waals surface area contributed by atoms with Gasteiger partial charge in [0.25, 0.3) is 5.56 Å². The zero-order chi connectivity index (χ0) is 18.3. The van der Waals surface area contributed by atoms with Gasteiger partial charge in [0.05, 0.1) is 11.6 Å². The van der Waals surface area contributed by atoms with Gasteiger partial charge in [0, 0.05) is 25.7 Å². The number of ether oxygens (including phenoxy) is 1. The number of H-pyrrole nitrogens is 1. The molecule has 0 amide bonds. The van der Waals surface area contributed by atoms with Gasteiger partial charge in [0.1, 0.15) is 17.8 Å². The minimum atomic E-state index is -1.41. The Kier molecular flexibility index (Phi) is 4.36. The maximum atomic E-state index is 14.8. The number of aromatic amines is 1. The van der Waals surface area contributed by atoms with Crippen molar-refractivity contribution in [2.75, 3.05) is 18.5 Å². The molecule has 2 aliphatic heterocycles. The van der Waals surface area contributed by atoms with Crippen LogP contribution in [0.2, 0.25) is 0 Å². The lowest BCUT2D eigenvalue weighted by Crippen LogP contribution is -2.45. The van der Waals surface area contributed by atoms with Gasteiger partial charge in [0.2, 0.25) is 0 Å². The van der Waals surface area contributed by atoms with Crippen LogP contribution in [0, 0.1) is 5.82 Å². The van der Waals surface area contributed by atoms with Gasteiger partial charge in [-0.3, -0.25) is 14.3 Å². The lowest BCUT2D eigenvalue weighted by molar-refractivity contribution is 0.0673. The molecule has 6 nitrogen and oxygen atoms in total. The molecule has 2 atom stereocenters. The summed E-state index contributed by atoms with van der Waals surface area (Å²) < 4.78 is 34.7.